The molecule has 2 aromatic carbocycles. The van der Waals surface area contributed by atoms with E-state index in [1.54, 1.807) is 6.92 Å². The number of para-hydroxylation sites is 1. The fourth-order valence-corrected chi connectivity index (χ4v) is 4.08. The van der Waals surface area contributed by atoms with Crippen molar-refractivity contribution in [3.05, 3.63) is 65.5 Å². The Morgan fingerprint density at radius 3 is 2.41 bits per heavy atom. The zero-order valence-corrected chi connectivity index (χ0v) is 19.7. The summed E-state index contributed by atoms with van der Waals surface area (Å²) in [7, 11) is -3.96. The van der Waals surface area contributed by atoms with E-state index in [1.807, 2.05) is 38.1 Å². The summed E-state index contributed by atoms with van der Waals surface area (Å²) in [6.45, 7) is 5.36. The number of benzene rings is 2. The Hall–Kier alpha value is -2.94. The Kier molecular flexibility index (Phi) is 8.77. The molecule has 0 saturated carbocycles. The van der Waals surface area contributed by atoms with Gasteiger partial charge in [-0.25, -0.2) is 12.8 Å². The van der Waals surface area contributed by atoms with Crippen molar-refractivity contribution in [2.75, 3.05) is 23.7 Å². The molecule has 0 bridgehead atoms. The van der Waals surface area contributed by atoms with E-state index >= 15 is 0 Å². The fraction of sp³-hybridized carbons (Fsp3) is 0.391. The van der Waals surface area contributed by atoms with Gasteiger partial charge in [-0.1, -0.05) is 48.9 Å². The lowest BCUT2D eigenvalue weighted by atomic mass is 10.1. The summed E-state index contributed by atoms with van der Waals surface area (Å²) in [6, 6.07) is 12.0. The number of sulfonamides is 1. The van der Waals surface area contributed by atoms with Crippen molar-refractivity contribution in [3.8, 4) is 0 Å². The van der Waals surface area contributed by atoms with Crippen LogP contribution in [0.1, 0.15) is 31.4 Å². The number of hydrogen-bond acceptors (Lipinski definition) is 4. The number of carbonyl (C=O) groups excluding carboxylic acids is 2. The molecule has 7 nitrogen and oxygen atoms in total. The molecule has 2 rings (SSSR count). The summed E-state index contributed by atoms with van der Waals surface area (Å²) in [5, 5.41) is 2.76. The summed E-state index contributed by atoms with van der Waals surface area (Å²) >= 11 is 0. The van der Waals surface area contributed by atoms with E-state index in [0.717, 1.165) is 34.2 Å². The number of aryl methyl sites for hydroxylation is 1. The third-order valence-corrected chi connectivity index (χ3v) is 6.08. The maximum Gasteiger partial charge on any atom is 0.244 e. The van der Waals surface area contributed by atoms with Gasteiger partial charge in [-0.2, -0.15) is 0 Å². The largest absolute Gasteiger partial charge is 0.354 e. The molecule has 0 unspecified atom stereocenters. The van der Waals surface area contributed by atoms with Gasteiger partial charge in [-0.3, -0.25) is 13.9 Å². The minimum absolute atomic E-state index is 0.107. The van der Waals surface area contributed by atoms with E-state index in [1.165, 1.54) is 23.1 Å². The number of halogens is 1. The molecule has 0 aliphatic rings. The van der Waals surface area contributed by atoms with Crippen molar-refractivity contribution in [1.82, 2.24) is 10.2 Å². The third kappa shape index (κ3) is 6.78. The van der Waals surface area contributed by atoms with Crippen molar-refractivity contribution < 1.29 is 22.4 Å². The first-order chi connectivity index (χ1) is 15.0. The molecule has 9 heteroatoms. The summed E-state index contributed by atoms with van der Waals surface area (Å²) in [5.74, 6) is -1.71. The zero-order chi connectivity index (χ0) is 23.9. The molecule has 0 saturated heterocycles. The van der Waals surface area contributed by atoms with Crippen molar-refractivity contribution in [2.24, 2.45) is 0 Å². The molecule has 0 aliphatic carbocycles. The fourth-order valence-electron chi connectivity index (χ4n) is 3.23. The number of carbonyl (C=O) groups is 2. The van der Waals surface area contributed by atoms with Crippen LogP contribution in [0.2, 0.25) is 0 Å². The number of rotatable bonds is 10. The quantitative estimate of drug-likeness (QED) is 0.587. The second-order valence-corrected chi connectivity index (χ2v) is 9.61. The maximum atomic E-state index is 14.3. The Morgan fingerprint density at radius 1 is 1.12 bits per heavy atom. The van der Waals surface area contributed by atoms with Crippen LogP contribution in [0.4, 0.5) is 10.1 Å². The van der Waals surface area contributed by atoms with Gasteiger partial charge in [0.15, 0.2) is 0 Å². The first kappa shape index (κ1) is 25.3. The van der Waals surface area contributed by atoms with Crippen LogP contribution in [-0.4, -0.2) is 50.5 Å². The van der Waals surface area contributed by atoms with Crippen LogP contribution in [0, 0.1) is 12.7 Å². The predicted octanol–water partition coefficient (Wildman–Crippen LogP) is 2.84. The smallest absolute Gasteiger partial charge is 0.244 e. The highest BCUT2D eigenvalue weighted by molar-refractivity contribution is 7.92. The van der Waals surface area contributed by atoms with Crippen molar-refractivity contribution in [2.45, 2.75) is 39.8 Å². The topological polar surface area (TPSA) is 86.8 Å². The van der Waals surface area contributed by atoms with Gasteiger partial charge < -0.3 is 10.2 Å². The average Bonchev–Trinajstić information content (AvgIpc) is 2.73. The Morgan fingerprint density at radius 2 is 1.81 bits per heavy atom. The van der Waals surface area contributed by atoms with Gasteiger partial charge in [0.25, 0.3) is 0 Å². The van der Waals surface area contributed by atoms with Gasteiger partial charge in [-0.15, -0.1) is 0 Å². The predicted molar refractivity (Wildman–Crippen MR) is 123 cm³/mol. The maximum absolute atomic E-state index is 14.3. The molecule has 2 aromatic rings. The van der Waals surface area contributed by atoms with Crippen LogP contribution >= 0.6 is 0 Å². The normalized spacial score (nSPS) is 12.2. The number of amides is 2. The van der Waals surface area contributed by atoms with Crippen LogP contribution in [0.15, 0.2) is 48.5 Å². The van der Waals surface area contributed by atoms with Crippen LogP contribution in [0.3, 0.4) is 0 Å². The van der Waals surface area contributed by atoms with Crippen LogP contribution in [0.5, 0.6) is 0 Å². The van der Waals surface area contributed by atoms with Gasteiger partial charge >= 0.3 is 0 Å². The molecular formula is C23H30FN3O4S. The molecule has 0 fully saturated rings. The van der Waals surface area contributed by atoms with E-state index in [2.05, 4.69) is 5.32 Å². The standard InChI is InChI=1S/C23H30FN3O4S/c1-5-13-25-23(29)18(3)26(15-19-10-8-9-17(2)14-19)22(28)16-27(32(4,30)31)21-12-7-6-11-20(21)24/h6-12,14,18H,5,13,15-16H2,1-4H3,(H,25,29)/t18-/m1/s1. The SMILES string of the molecule is CCCNC(=O)[C@@H](C)N(Cc1cccc(C)c1)C(=O)CN(c1ccccc1F)S(C)(=O)=O. The molecule has 174 valence electrons. The van der Waals surface area contributed by atoms with E-state index in [0.29, 0.717) is 6.54 Å². The van der Waals surface area contributed by atoms with Crippen molar-refractivity contribution in [1.29, 1.82) is 0 Å². The highest BCUT2D eigenvalue weighted by Crippen LogP contribution is 2.22. The number of hydrogen-bond donors (Lipinski definition) is 1. The molecule has 0 spiro atoms. The molecule has 0 aromatic heterocycles. The Labute approximate surface area is 189 Å². The number of anilines is 1. The third-order valence-electron chi connectivity index (χ3n) is 4.95. The molecule has 0 radical (unpaired) electrons. The van der Waals surface area contributed by atoms with E-state index in [-0.39, 0.29) is 18.1 Å². The summed E-state index contributed by atoms with van der Waals surface area (Å²) < 4.78 is 39.9. The summed E-state index contributed by atoms with van der Waals surface area (Å²) in [5.41, 5.74) is 1.56. The van der Waals surface area contributed by atoms with Gasteiger partial charge in [0, 0.05) is 13.1 Å². The van der Waals surface area contributed by atoms with E-state index in [9.17, 15) is 22.4 Å². The molecule has 32 heavy (non-hydrogen) atoms. The minimum atomic E-state index is -3.96. The van der Waals surface area contributed by atoms with Gasteiger partial charge in [0.2, 0.25) is 21.8 Å². The van der Waals surface area contributed by atoms with Crippen LogP contribution in [0.25, 0.3) is 0 Å². The van der Waals surface area contributed by atoms with Gasteiger partial charge in [0.1, 0.15) is 18.4 Å². The lowest BCUT2D eigenvalue weighted by Crippen LogP contribution is -2.51. The molecular weight excluding hydrogens is 433 g/mol. The number of nitrogens with one attached hydrogen (secondary N) is 1. The molecule has 1 atom stereocenters. The lowest BCUT2D eigenvalue weighted by molar-refractivity contribution is -0.139. The molecule has 2 amide bonds. The van der Waals surface area contributed by atoms with Gasteiger partial charge in [-0.05, 0) is 38.0 Å². The van der Waals surface area contributed by atoms with Crippen LogP contribution in [-0.2, 0) is 26.2 Å². The first-order valence-electron chi connectivity index (χ1n) is 10.4. The summed E-state index contributed by atoms with van der Waals surface area (Å²) in [6.07, 6.45) is 1.65. The first-order valence-corrected chi connectivity index (χ1v) is 12.2. The highest BCUT2D eigenvalue weighted by atomic mass is 32.2. The second-order valence-electron chi connectivity index (χ2n) is 7.70. The van der Waals surface area contributed by atoms with Crippen molar-refractivity contribution in [3.63, 3.8) is 0 Å². The highest BCUT2D eigenvalue weighted by Gasteiger charge is 2.30. The average molecular weight is 464 g/mol. The van der Waals surface area contributed by atoms with Gasteiger partial charge in [0.05, 0.1) is 11.9 Å². The molecule has 0 heterocycles. The van der Waals surface area contributed by atoms with Crippen LogP contribution < -0.4 is 9.62 Å². The second kappa shape index (κ2) is 11.1. The minimum Gasteiger partial charge on any atom is -0.354 e. The Bertz CT molecular complexity index is 1060. The lowest BCUT2D eigenvalue weighted by Gasteiger charge is -2.31. The van der Waals surface area contributed by atoms with E-state index in [4.69, 9.17) is 0 Å². The number of nitrogens with zero attached hydrogens (tertiary/aromatic N) is 2. The van der Waals surface area contributed by atoms with E-state index < -0.39 is 34.3 Å². The summed E-state index contributed by atoms with van der Waals surface area (Å²) in [4.78, 5) is 27.2. The molecule has 1 N–H and O–H groups in total. The monoisotopic (exact) mass is 463 g/mol. The Balaban J connectivity index is 2.38. The zero-order valence-electron chi connectivity index (χ0n) is 18.8. The van der Waals surface area contributed by atoms with Crippen molar-refractivity contribution >= 4 is 27.5 Å². The molecule has 0 aliphatic heterocycles.